The van der Waals surface area contributed by atoms with Crippen LogP contribution >= 0.6 is 15.9 Å². The number of halogens is 2. The molecule has 2 aliphatic rings. The SMILES string of the molecule is Fc1cc2c(cc1Br)NCC1(CCCCCC1)N2. The van der Waals surface area contributed by atoms with E-state index in [4.69, 9.17) is 0 Å². The Morgan fingerprint density at radius 1 is 1.06 bits per heavy atom. The lowest BCUT2D eigenvalue weighted by atomic mass is 9.88. The van der Waals surface area contributed by atoms with Crippen molar-refractivity contribution in [3.8, 4) is 0 Å². The number of nitrogens with one attached hydrogen (secondary N) is 2. The Kier molecular flexibility index (Phi) is 3.22. The van der Waals surface area contributed by atoms with E-state index in [1.807, 2.05) is 6.07 Å². The number of rotatable bonds is 0. The van der Waals surface area contributed by atoms with Gasteiger partial charge in [-0.05, 0) is 34.8 Å². The largest absolute Gasteiger partial charge is 0.381 e. The smallest absolute Gasteiger partial charge is 0.139 e. The minimum atomic E-state index is -0.200. The van der Waals surface area contributed by atoms with Crippen molar-refractivity contribution < 1.29 is 4.39 Å². The summed E-state index contributed by atoms with van der Waals surface area (Å²) in [4.78, 5) is 0. The number of anilines is 2. The standard InChI is InChI=1S/C14H18BrFN2/c15-10-7-12-13(8-11(10)16)18-14(9-17-12)5-3-1-2-4-6-14/h7-8,17-18H,1-6,9H2. The Labute approximate surface area is 115 Å². The van der Waals surface area contributed by atoms with Crippen molar-refractivity contribution in [2.24, 2.45) is 0 Å². The third kappa shape index (κ3) is 2.22. The lowest BCUT2D eigenvalue weighted by molar-refractivity contribution is 0.422. The Morgan fingerprint density at radius 3 is 2.50 bits per heavy atom. The highest BCUT2D eigenvalue weighted by Crippen LogP contribution is 2.39. The Bertz CT molecular complexity index is 453. The summed E-state index contributed by atoms with van der Waals surface area (Å²) in [6.07, 6.45) is 7.54. The molecule has 1 aromatic rings. The molecule has 2 nitrogen and oxygen atoms in total. The van der Waals surface area contributed by atoms with Gasteiger partial charge in [-0.1, -0.05) is 25.7 Å². The van der Waals surface area contributed by atoms with Crippen molar-refractivity contribution in [2.45, 2.75) is 44.1 Å². The van der Waals surface area contributed by atoms with Gasteiger partial charge in [0.25, 0.3) is 0 Å². The van der Waals surface area contributed by atoms with Gasteiger partial charge in [0.2, 0.25) is 0 Å². The highest BCUT2D eigenvalue weighted by atomic mass is 79.9. The zero-order valence-electron chi connectivity index (χ0n) is 10.4. The minimum absolute atomic E-state index is 0.129. The quantitative estimate of drug-likeness (QED) is 0.736. The van der Waals surface area contributed by atoms with Crippen molar-refractivity contribution in [3.63, 3.8) is 0 Å². The molecule has 1 saturated carbocycles. The molecule has 0 atom stereocenters. The van der Waals surface area contributed by atoms with E-state index in [1.165, 1.54) is 38.5 Å². The van der Waals surface area contributed by atoms with E-state index in [0.717, 1.165) is 17.9 Å². The molecule has 0 aromatic heterocycles. The van der Waals surface area contributed by atoms with Gasteiger partial charge in [-0.15, -0.1) is 0 Å². The van der Waals surface area contributed by atoms with Crippen molar-refractivity contribution in [1.29, 1.82) is 0 Å². The molecule has 1 spiro atoms. The highest BCUT2D eigenvalue weighted by molar-refractivity contribution is 9.10. The van der Waals surface area contributed by atoms with E-state index in [2.05, 4.69) is 26.6 Å². The maximum absolute atomic E-state index is 13.6. The van der Waals surface area contributed by atoms with Gasteiger partial charge >= 0.3 is 0 Å². The number of fused-ring (bicyclic) bond motifs is 1. The molecular weight excluding hydrogens is 295 g/mol. The first-order chi connectivity index (χ1) is 8.69. The van der Waals surface area contributed by atoms with Crippen molar-refractivity contribution in [3.05, 3.63) is 22.4 Å². The first-order valence-electron chi connectivity index (χ1n) is 6.70. The third-order valence-corrected chi connectivity index (χ3v) is 4.75. The van der Waals surface area contributed by atoms with Gasteiger partial charge in [-0.2, -0.15) is 0 Å². The predicted molar refractivity (Wildman–Crippen MR) is 76.6 cm³/mol. The summed E-state index contributed by atoms with van der Waals surface area (Å²) >= 11 is 3.23. The molecule has 4 heteroatoms. The zero-order chi connectivity index (χ0) is 12.6. The molecule has 3 rings (SSSR count). The molecule has 0 bridgehead atoms. The van der Waals surface area contributed by atoms with Crippen LogP contribution in [0.2, 0.25) is 0 Å². The van der Waals surface area contributed by atoms with Gasteiger partial charge in [-0.3, -0.25) is 0 Å². The van der Waals surface area contributed by atoms with Crippen LogP contribution < -0.4 is 10.6 Å². The minimum Gasteiger partial charge on any atom is -0.381 e. The fraction of sp³-hybridized carbons (Fsp3) is 0.571. The molecular formula is C14H18BrFN2. The summed E-state index contributed by atoms with van der Waals surface area (Å²) in [5.74, 6) is -0.200. The number of hydrogen-bond acceptors (Lipinski definition) is 2. The van der Waals surface area contributed by atoms with Crippen molar-refractivity contribution in [2.75, 3.05) is 17.2 Å². The predicted octanol–water partition coefficient (Wildman–Crippen LogP) is 4.52. The lowest BCUT2D eigenvalue weighted by Gasteiger charge is -2.40. The molecule has 1 aliphatic heterocycles. The molecule has 18 heavy (non-hydrogen) atoms. The van der Waals surface area contributed by atoms with Crippen LogP contribution in [0.1, 0.15) is 38.5 Å². The molecule has 1 aliphatic carbocycles. The van der Waals surface area contributed by atoms with Crippen molar-refractivity contribution in [1.82, 2.24) is 0 Å². The lowest BCUT2D eigenvalue weighted by Crippen LogP contribution is -2.47. The molecule has 1 fully saturated rings. The van der Waals surface area contributed by atoms with Crippen LogP contribution in [0.25, 0.3) is 0 Å². The monoisotopic (exact) mass is 312 g/mol. The summed E-state index contributed by atoms with van der Waals surface area (Å²) < 4.78 is 14.1. The summed E-state index contributed by atoms with van der Waals surface area (Å²) in [6, 6.07) is 3.42. The molecule has 1 aromatic carbocycles. The van der Waals surface area contributed by atoms with Gasteiger partial charge in [0.05, 0.1) is 21.4 Å². The van der Waals surface area contributed by atoms with Crippen LogP contribution in [-0.4, -0.2) is 12.1 Å². The van der Waals surface area contributed by atoms with Crippen LogP contribution in [0, 0.1) is 5.82 Å². The average Bonchev–Trinajstić information content (AvgIpc) is 2.57. The molecule has 0 unspecified atom stereocenters. The van der Waals surface area contributed by atoms with Crippen molar-refractivity contribution >= 4 is 27.3 Å². The highest BCUT2D eigenvalue weighted by Gasteiger charge is 2.34. The second-order valence-corrected chi connectivity index (χ2v) is 6.34. The summed E-state index contributed by atoms with van der Waals surface area (Å²) in [5.41, 5.74) is 2.03. The second kappa shape index (κ2) is 4.72. The molecule has 0 amide bonds. The zero-order valence-corrected chi connectivity index (χ0v) is 11.9. The topological polar surface area (TPSA) is 24.1 Å². The van der Waals surface area contributed by atoms with Crippen LogP contribution in [0.5, 0.6) is 0 Å². The van der Waals surface area contributed by atoms with Gasteiger partial charge < -0.3 is 10.6 Å². The Hall–Kier alpha value is -0.770. The maximum atomic E-state index is 13.6. The molecule has 1 heterocycles. The van der Waals surface area contributed by atoms with Crippen LogP contribution in [0.4, 0.5) is 15.8 Å². The molecule has 0 saturated heterocycles. The summed E-state index contributed by atoms with van der Waals surface area (Å²) in [5, 5.41) is 7.06. The Morgan fingerprint density at radius 2 is 1.78 bits per heavy atom. The van der Waals surface area contributed by atoms with E-state index >= 15 is 0 Å². The third-order valence-electron chi connectivity index (χ3n) is 4.14. The number of hydrogen-bond donors (Lipinski definition) is 2. The fourth-order valence-corrected chi connectivity index (χ4v) is 3.44. The number of benzene rings is 1. The molecule has 0 radical (unpaired) electrons. The fourth-order valence-electron chi connectivity index (χ4n) is 3.10. The van der Waals surface area contributed by atoms with Gasteiger partial charge in [-0.25, -0.2) is 4.39 Å². The molecule has 98 valence electrons. The van der Waals surface area contributed by atoms with Gasteiger partial charge in [0.1, 0.15) is 5.82 Å². The van der Waals surface area contributed by atoms with Gasteiger partial charge in [0, 0.05) is 12.6 Å². The van der Waals surface area contributed by atoms with E-state index in [-0.39, 0.29) is 11.4 Å². The Balaban J connectivity index is 1.89. The van der Waals surface area contributed by atoms with E-state index < -0.39 is 0 Å². The first-order valence-corrected chi connectivity index (χ1v) is 7.49. The summed E-state index contributed by atoms with van der Waals surface area (Å²) in [7, 11) is 0. The summed E-state index contributed by atoms with van der Waals surface area (Å²) in [6.45, 7) is 0.943. The average molecular weight is 313 g/mol. The van der Waals surface area contributed by atoms with E-state index in [0.29, 0.717) is 4.47 Å². The second-order valence-electron chi connectivity index (χ2n) is 5.48. The van der Waals surface area contributed by atoms with E-state index in [1.54, 1.807) is 6.07 Å². The van der Waals surface area contributed by atoms with Gasteiger partial charge in [0.15, 0.2) is 0 Å². The van der Waals surface area contributed by atoms with Crippen LogP contribution in [0.15, 0.2) is 16.6 Å². The maximum Gasteiger partial charge on any atom is 0.139 e. The molecule has 2 N–H and O–H groups in total. The van der Waals surface area contributed by atoms with Crippen LogP contribution in [-0.2, 0) is 0 Å². The van der Waals surface area contributed by atoms with Crippen LogP contribution in [0.3, 0.4) is 0 Å². The van der Waals surface area contributed by atoms with E-state index in [9.17, 15) is 4.39 Å². The normalized spacial score (nSPS) is 21.7. The first kappa shape index (κ1) is 12.3.